The van der Waals surface area contributed by atoms with Crippen molar-refractivity contribution in [3.8, 4) is 11.5 Å². The Bertz CT molecular complexity index is 1150. The van der Waals surface area contributed by atoms with Crippen molar-refractivity contribution >= 4 is 33.1 Å². The predicted octanol–water partition coefficient (Wildman–Crippen LogP) is 3.68. The third-order valence-corrected chi connectivity index (χ3v) is 5.72. The molecule has 0 fully saturated rings. The number of carbonyl (C=O) groups excluding carboxylic acids is 1. The second-order valence-electron chi connectivity index (χ2n) is 7.29. The molecule has 0 bridgehead atoms. The molecule has 0 radical (unpaired) electrons. The zero-order valence-corrected chi connectivity index (χ0v) is 17.0. The molecular formula is C20H21N3O4S. The van der Waals surface area contributed by atoms with E-state index in [0.717, 1.165) is 10.4 Å². The summed E-state index contributed by atoms with van der Waals surface area (Å²) in [6.07, 6.45) is 0.558. The SMILES string of the molecule is Cc1sc2nc(CCC(=O)Nc3ccc4c(c3)OC(C)(C)O4)[nH]c(=O)c2c1C. The number of benzene rings is 1. The number of carbonyl (C=O) groups is 1. The minimum atomic E-state index is -0.709. The lowest BCUT2D eigenvalue weighted by atomic mass is 10.2. The van der Waals surface area contributed by atoms with Crippen LogP contribution >= 0.6 is 11.3 Å². The number of aromatic nitrogens is 2. The van der Waals surface area contributed by atoms with E-state index < -0.39 is 5.79 Å². The summed E-state index contributed by atoms with van der Waals surface area (Å²) < 4.78 is 11.3. The average molecular weight is 399 g/mol. The van der Waals surface area contributed by atoms with Gasteiger partial charge < -0.3 is 19.8 Å². The van der Waals surface area contributed by atoms with Gasteiger partial charge in [0.25, 0.3) is 5.56 Å². The van der Waals surface area contributed by atoms with Gasteiger partial charge in [-0.05, 0) is 31.5 Å². The van der Waals surface area contributed by atoms with E-state index >= 15 is 0 Å². The molecule has 2 N–H and O–H groups in total. The van der Waals surface area contributed by atoms with Gasteiger partial charge in [-0.15, -0.1) is 11.3 Å². The molecule has 4 rings (SSSR count). The first-order chi connectivity index (χ1) is 13.2. The fourth-order valence-corrected chi connectivity index (χ4v) is 4.22. The van der Waals surface area contributed by atoms with Crippen LogP contribution in [-0.4, -0.2) is 21.7 Å². The van der Waals surface area contributed by atoms with Crippen LogP contribution in [0.25, 0.3) is 10.2 Å². The van der Waals surface area contributed by atoms with E-state index in [-0.39, 0.29) is 17.9 Å². The van der Waals surface area contributed by atoms with Gasteiger partial charge in [0.1, 0.15) is 10.7 Å². The molecule has 0 spiro atoms. The van der Waals surface area contributed by atoms with Crippen LogP contribution in [0, 0.1) is 13.8 Å². The minimum Gasteiger partial charge on any atom is -0.449 e. The normalized spacial score (nSPS) is 14.4. The molecule has 1 aromatic carbocycles. The zero-order valence-electron chi connectivity index (χ0n) is 16.1. The van der Waals surface area contributed by atoms with E-state index in [1.54, 1.807) is 18.2 Å². The summed E-state index contributed by atoms with van der Waals surface area (Å²) >= 11 is 1.50. The van der Waals surface area contributed by atoms with Crippen molar-refractivity contribution in [2.24, 2.45) is 0 Å². The number of nitrogens with one attached hydrogen (secondary N) is 2. The molecule has 2 aromatic heterocycles. The molecule has 3 aromatic rings. The van der Waals surface area contributed by atoms with Crippen molar-refractivity contribution in [2.45, 2.75) is 46.3 Å². The maximum absolute atomic E-state index is 12.3. The first-order valence-corrected chi connectivity index (χ1v) is 9.84. The molecule has 0 aliphatic carbocycles. The van der Waals surface area contributed by atoms with Crippen molar-refractivity contribution in [1.29, 1.82) is 0 Å². The highest BCUT2D eigenvalue weighted by molar-refractivity contribution is 7.18. The average Bonchev–Trinajstić information content (AvgIpc) is 3.07. The Morgan fingerprint density at radius 1 is 1.25 bits per heavy atom. The summed E-state index contributed by atoms with van der Waals surface area (Å²) in [7, 11) is 0. The molecule has 146 valence electrons. The van der Waals surface area contributed by atoms with Crippen LogP contribution in [-0.2, 0) is 11.2 Å². The minimum absolute atomic E-state index is 0.152. The lowest BCUT2D eigenvalue weighted by Gasteiger charge is -2.16. The lowest BCUT2D eigenvalue weighted by Crippen LogP contribution is -2.29. The molecule has 1 aliphatic rings. The molecular weight excluding hydrogens is 378 g/mol. The maximum Gasteiger partial charge on any atom is 0.259 e. The molecule has 0 saturated heterocycles. The van der Waals surface area contributed by atoms with Gasteiger partial charge in [-0.25, -0.2) is 4.98 Å². The van der Waals surface area contributed by atoms with Crippen molar-refractivity contribution < 1.29 is 14.3 Å². The second kappa shape index (κ2) is 6.63. The summed E-state index contributed by atoms with van der Waals surface area (Å²) in [5.41, 5.74) is 1.44. The van der Waals surface area contributed by atoms with E-state index in [9.17, 15) is 9.59 Å². The van der Waals surface area contributed by atoms with Crippen LogP contribution in [0.15, 0.2) is 23.0 Å². The van der Waals surface area contributed by atoms with Crippen LogP contribution in [0.5, 0.6) is 11.5 Å². The smallest absolute Gasteiger partial charge is 0.259 e. The molecule has 7 nitrogen and oxygen atoms in total. The van der Waals surface area contributed by atoms with E-state index in [1.807, 2.05) is 27.7 Å². The molecule has 28 heavy (non-hydrogen) atoms. The number of anilines is 1. The standard InChI is InChI=1S/C20H21N3O4S/c1-10-11(2)28-19-17(10)18(25)22-15(23-19)7-8-16(24)21-12-5-6-13-14(9-12)27-20(3,4)26-13/h5-6,9H,7-8H2,1-4H3,(H,21,24)(H,22,23,25). The first kappa shape index (κ1) is 18.5. The van der Waals surface area contributed by atoms with Crippen LogP contribution < -0.4 is 20.3 Å². The Kier molecular flexibility index (Phi) is 4.38. The molecule has 0 saturated carbocycles. The summed E-state index contributed by atoms with van der Waals surface area (Å²) in [6.45, 7) is 7.55. The number of H-pyrrole nitrogens is 1. The highest BCUT2D eigenvalue weighted by Gasteiger charge is 2.31. The summed E-state index contributed by atoms with van der Waals surface area (Å²) in [5.74, 6) is 0.891. The van der Waals surface area contributed by atoms with Crippen molar-refractivity contribution in [3.63, 3.8) is 0 Å². The molecule has 0 atom stereocenters. The fourth-order valence-electron chi connectivity index (χ4n) is 3.17. The molecule has 0 unspecified atom stereocenters. The van der Waals surface area contributed by atoms with Gasteiger partial charge in [-0.3, -0.25) is 9.59 Å². The summed E-state index contributed by atoms with van der Waals surface area (Å²) in [4.78, 5) is 33.7. The third kappa shape index (κ3) is 3.47. The number of amides is 1. The molecule has 3 heterocycles. The Hall–Kier alpha value is -2.87. The number of rotatable bonds is 4. The maximum atomic E-state index is 12.3. The van der Waals surface area contributed by atoms with Gasteiger partial charge in [0.05, 0.1) is 5.39 Å². The third-order valence-electron chi connectivity index (χ3n) is 4.62. The summed E-state index contributed by atoms with van der Waals surface area (Å²) in [5, 5.41) is 3.48. The topological polar surface area (TPSA) is 93.3 Å². The van der Waals surface area contributed by atoms with E-state index in [1.165, 1.54) is 11.3 Å². The van der Waals surface area contributed by atoms with E-state index in [0.29, 0.717) is 39.6 Å². The van der Waals surface area contributed by atoms with Crippen molar-refractivity contribution in [1.82, 2.24) is 9.97 Å². The molecule has 8 heteroatoms. The Labute approximate surface area is 165 Å². The number of hydrogen-bond acceptors (Lipinski definition) is 6. The fraction of sp³-hybridized carbons (Fsp3) is 0.350. The quantitative estimate of drug-likeness (QED) is 0.698. The van der Waals surface area contributed by atoms with Crippen LogP contribution in [0.2, 0.25) is 0 Å². The van der Waals surface area contributed by atoms with Crippen molar-refractivity contribution in [3.05, 3.63) is 44.8 Å². The van der Waals surface area contributed by atoms with E-state index in [4.69, 9.17) is 9.47 Å². The van der Waals surface area contributed by atoms with Gasteiger partial charge in [-0.2, -0.15) is 0 Å². The van der Waals surface area contributed by atoms with Gasteiger partial charge in [0, 0.05) is 43.3 Å². The van der Waals surface area contributed by atoms with Crippen LogP contribution in [0.1, 0.15) is 36.5 Å². The predicted molar refractivity (Wildman–Crippen MR) is 108 cm³/mol. The Morgan fingerprint density at radius 3 is 2.79 bits per heavy atom. The highest BCUT2D eigenvalue weighted by Crippen LogP contribution is 2.40. The number of aromatic amines is 1. The number of hydrogen-bond donors (Lipinski definition) is 2. The van der Waals surface area contributed by atoms with Gasteiger partial charge in [0.15, 0.2) is 11.5 Å². The van der Waals surface area contributed by atoms with Crippen molar-refractivity contribution in [2.75, 3.05) is 5.32 Å². The zero-order chi connectivity index (χ0) is 20.1. The molecule has 1 amide bonds. The first-order valence-electron chi connectivity index (χ1n) is 9.03. The monoisotopic (exact) mass is 399 g/mol. The van der Waals surface area contributed by atoms with Crippen LogP contribution in [0.4, 0.5) is 5.69 Å². The van der Waals surface area contributed by atoms with E-state index in [2.05, 4.69) is 15.3 Å². The summed E-state index contributed by atoms with van der Waals surface area (Å²) in [6, 6.07) is 5.28. The largest absolute Gasteiger partial charge is 0.449 e. The number of ether oxygens (including phenoxy) is 2. The number of aryl methyl sites for hydroxylation is 3. The lowest BCUT2D eigenvalue weighted by molar-refractivity contribution is -0.116. The number of fused-ring (bicyclic) bond motifs is 2. The Morgan fingerprint density at radius 2 is 2.00 bits per heavy atom. The van der Waals surface area contributed by atoms with Crippen LogP contribution in [0.3, 0.4) is 0 Å². The highest BCUT2D eigenvalue weighted by atomic mass is 32.1. The van der Waals surface area contributed by atoms with Gasteiger partial charge >= 0.3 is 0 Å². The Balaban J connectivity index is 1.43. The number of thiophene rings is 1. The molecule has 1 aliphatic heterocycles. The number of nitrogens with zero attached hydrogens (tertiary/aromatic N) is 1. The second-order valence-corrected chi connectivity index (χ2v) is 8.49. The van der Waals surface area contributed by atoms with Gasteiger partial charge in [-0.1, -0.05) is 0 Å². The van der Waals surface area contributed by atoms with Gasteiger partial charge in [0.2, 0.25) is 11.7 Å².